The molecule has 1 rings (SSSR count). The summed E-state index contributed by atoms with van der Waals surface area (Å²) in [5, 5.41) is 0. The zero-order chi connectivity index (χ0) is 8.53. The lowest BCUT2D eigenvalue weighted by molar-refractivity contribution is 0.240. The van der Waals surface area contributed by atoms with Crippen molar-refractivity contribution >= 4 is 0 Å². The minimum absolute atomic E-state index is 0.750. The maximum absolute atomic E-state index is 4.85. The lowest BCUT2D eigenvalue weighted by Crippen LogP contribution is -2.29. The van der Waals surface area contributed by atoms with Crippen LogP contribution in [0.5, 0.6) is 0 Å². The van der Waals surface area contributed by atoms with E-state index in [4.69, 9.17) is 5.73 Å². The summed E-state index contributed by atoms with van der Waals surface area (Å²) < 4.78 is 0. The van der Waals surface area contributed by atoms with Gasteiger partial charge in [0.1, 0.15) is 0 Å². The number of rotatable bonds is 1. The first-order chi connectivity index (χ1) is 5.35. The zero-order valence-corrected chi connectivity index (χ0v) is 7.97. The highest BCUT2D eigenvalue weighted by Gasteiger charge is 2.05. The summed E-state index contributed by atoms with van der Waals surface area (Å²) in [6.45, 7) is 8.83. The fourth-order valence-electron chi connectivity index (χ4n) is 1.28. The average molecular weight is 158 g/mol. The molecule has 0 amide bonds. The Morgan fingerprint density at radius 3 is 1.82 bits per heavy atom. The van der Waals surface area contributed by atoms with Gasteiger partial charge in [0.25, 0.3) is 0 Å². The van der Waals surface area contributed by atoms with Crippen LogP contribution in [0.4, 0.5) is 0 Å². The van der Waals surface area contributed by atoms with Gasteiger partial charge in [-0.15, -0.1) is 0 Å². The van der Waals surface area contributed by atoms with Gasteiger partial charge in [-0.2, -0.15) is 0 Å². The topological polar surface area (TPSA) is 29.3 Å². The molecule has 11 heavy (non-hydrogen) atoms. The van der Waals surface area contributed by atoms with E-state index >= 15 is 0 Å². The Labute approximate surface area is 70.8 Å². The molecule has 1 heterocycles. The minimum atomic E-state index is 0.750. The molecule has 0 unspecified atom stereocenters. The summed E-state index contributed by atoms with van der Waals surface area (Å²) in [6, 6.07) is 0. The molecular formula is C9H22N2. The van der Waals surface area contributed by atoms with E-state index in [0.29, 0.717) is 0 Å². The van der Waals surface area contributed by atoms with Crippen LogP contribution in [0.25, 0.3) is 0 Å². The summed E-state index contributed by atoms with van der Waals surface area (Å²) in [5.74, 6) is 0. The molecule has 1 saturated heterocycles. The molecule has 0 atom stereocenters. The normalized spacial score (nSPS) is 18.8. The highest BCUT2D eigenvalue weighted by molar-refractivity contribution is 4.61. The number of likely N-dealkylation sites (tertiary alicyclic amines) is 1. The fourth-order valence-corrected chi connectivity index (χ4v) is 1.28. The summed E-state index contributed by atoms with van der Waals surface area (Å²) in [6.07, 6.45) is 4.30. The van der Waals surface area contributed by atoms with Crippen molar-refractivity contribution in [3.8, 4) is 0 Å². The van der Waals surface area contributed by atoms with E-state index in [0.717, 1.165) is 6.54 Å². The van der Waals surface area contributed by atoms with Crippen molar-refractivity contribution in [2.75, 3.05) is 26.2 Å². The molecule has 2 heteroatoms. The maximum Gasteiger partial charge on any atom is -0.00188 e. The SMILES string of the molecule is CCN.CCN1CCCCC1. The molecule has 2 N–H and O–H groups in total. The Morgan fingerprint density at radius 1 is 1.09 bits per heavy atom. The molecule has 0 bridgehead atoms. The predicted molar refractivity (Wildman–Crippen MR) is 50.7 cm³/mol. The van der Waals surface area contributed by atoms with Gasteiger partial charge in [-0.3, -0.25) is 0 Å². The lowest BCUT2D eigenvalue weighted by Gasteiger charge is -2.24. The Morgan fingerprint density at radius 2 is 1.55 bits per heavy atom. The Kier molecular flexibility index (Phi) is 7.96. The summed E-state index contributed by atoms with van der Waals surface area (Å²) in [5.41, 5.74) is 4.85. The van der Waals surface area contributed by atoms with Gasteiger partial charge in [0, 0.05) is 0 Å². The third kappa shape index (κ3) is 6.32. The van der Waals surface area contributed by atoms with Crippen molar-refractivity contribution < 1.29 is 0 Å². The lowest BCUT2D eigenvalue weighted by atomic mass is 10.1. The highest BCUT2D eigenvalue weighted by Crippen LogP contribution is 2.06. The second kappa shape index (κ2) is 8.02. The molecule has 0 aliphatic carbocycles. The van der Waals surface area contributed by atoms with Gasteiger partial charge in [0.15, 0.2) is 0 Å². The Balaban J connectivity index is 0.000000292. The van der Waals surface area contributed by atoms with Gasteiger partial charge in [0.2, 0.25) is 0 Å². The predicted octanol–water partition coefficient (Wildman–Crippen LogP) is 1.46. The van der Waals surface area contributed by atoms with Crippen LogP contribution >= 0.6 is 0 Å². The summed E-state index contributed by atoms with van der Waals surface area (Å²) in [4.78, 5) is 2.52. The van der Waals surface area contributed by atoms with Gasteiger partial charge in [-0.1, -0.05) is 20.3 Å². The van der Waals surface area contributed by atoms with E-state index in [1.54, 1.807) is 0 Å². The molecule has 2 nitrogen and oxygen atoms in total. The van der Waals surface area contributed by atoms with Crippen LogP contribution in [-0.2, 0) is 0 Å². The first-order valence-electron chi connectivity index (χ1n) is 4.77. The summed E-state index contributed by atoms with van der Waals surface area (Å²) in [7, 11) is 0. The van der Waals surface area contributed by atoms with Crippen LogP contribution < -0.4 is 5.73 Å². The first kappa shape index (κ1) is 10.9. The van der Waals surface area contributed by atoms with Crippen LogP contribution in [0.15, 0.2) is 0 Å². The van der Waals surface area contributed by atoms with Crippen molar-refractivity contribution in [2.45, 2.75) is 33.1 Å². The average Bonchev–Trinajstić information content (AvgIpc) is 2.08. The van der Waals surface area contributed by atoms with Crippen molar-refractivity contribution in [3.63, 3.8) is 0 Å². The number of nitrogens with two attached hydrogens (primary N) is 1. The van der Waals surface area contributed by atoms with Crippen LogP contribution in [0.3, 0.4) is 0 Å². The highest BCUT2D eigenvalue weighted by atomic mass is 15.1. The van der Waals surface area contributed by atoms with E-state index < -0.39 is 0 Å². The molecule has 0 saturated carbocycles. The molecule has 0 aromatic rings. The molecule has 0 aromatic heterocycles. The van der Waals surface area contributed by atoms with Gasteiger partial charge < -0.3 is 10.6 Å². The minimum Gasteiger partial charge on any atom is -0.331 e. The van der Waals surface area contributed by atoms with Crippen molar-refractivity contribution in [2.24, 2.45) is 5.73 Å². The van der Waals surface area contributed by atoms with Crippen LogP contribution in [0.2, 0.25) is 0 Å². The summed E-state index contributed by atoms with van der Waals surface area (Å²) >= 11 is 0. The first-order valence-corrected chi connectivity index (χ1v) is 4.77. The fraction of sp³-hybridized carbons (Fsp3) is 1.00. The molecule has 1 fully saturated rings. The van der Waals surface area contributed by atoms with Crippen molar-refractivity contribution in [1.29, 1.82) is 0 Å². The number of hydrogen-bond donors (Lipinski definition) is 1. The molecule has 68 valence electrons. The number of nitrogens with zero attached hydrogens (tertiary/aromatic N) is 1. The molecule has 0 aromatic carbocycles. The number of piperidine rings is 1. The van der Waals surface area contributed by atoms with Crippen molar-refractivity contribution in [1.82, 2.24) is 4.90 Å². The van der Waals surface area contributed by atoms with E-state index in [9.17, 15) is 0 Å². The monoisotopic (exact) mass is 158 g/mol. The molecule has 0 spiro atoms. The number of hydrogen-bond acceptors (Lipinski definition) is 2. The van der Waals surface area contributed by atoms with Crippen molar-refractivity contribution in [3.05, 3.63) is 0 Å². The van der Waals surface area contributed by atoms with Gasteiger partial charge in [-0.05, 0) is 39.0 Å². The van der Waals surface area contributed by atoms with E-state index in [1.165, 1.54) is 38.9 Å². The third-order valence-electron chi connectivity index (χ3n) is 1.90. The van der Waals surface area contributed by atoms with E-state index in [-0.39, 0.29) is 0 Å². The van der Waals surface area contributed by atoms with Crippen LogP contribution in [0, 0.1) is 0 Å². The van der Waals surface area contributed by atoms with Crippen LogP contribution in [-0.4, -0.2) is 31.1 Å². The van der Waals surface area contributed by atoms with E-state index in [1.807, 2.05) is 6.92 Å². The zero-order valence-electron chi connectivity index (χ0n) is 7.97. The second-order valence-corrected chi connectivity index (χ2v) is 2.90. The van der Waals surface area contributed by atoms with Gasteiger partial charge >= 0.3 is 0 Å². The standard InChI is InChI=1S/C7H15N.C2H7N/c1-2-8-6-4-3-5-7-8;1-2-3/h2-7H2,1H3;2-3H2,1H3. The molecule has 0 radical (unpaired) electrons. The molecule has 1 aliphatic heterocycles. The van der Waals surface area contributed by atoms with Crippen LogP contribution in [0.1, 0.15) is 33.1 Å². The Bertz CT molecular complexity index is 68.0. The second-order valence-electron chi connectivity index (χ2n) is 2.90. The Hall–Kier alpha value is -0.0800. The largest absolute Gasteiger partial charge is 0.331 e. The quantitative estimate of drug-likeness (QED) is 0.626. The molecular weight excluding hydrogens is 136 g/mol. The maximum atomic E-state index is 4.85. The third-order valence-corrected chi connectivity index (χ3v) is 1.90. The molecule has 1 aliphatic rings. The van der Waals surface area contributed by atoms with E-state index in [2.05, 4.69) is 11.8 Å². The smallest absolute Gasteiger partial charge is 0.00188 e. The van der Waals surface area contributed by atoms with Gasteiger partial charge in [0.05, 0.1) is 0 Å². The van der Waals surface area contributed by atoms with Gasteiger partial charge in [-0.25, -0.2) is 0 Å².